The maximum absolute atomic E-state index is 4.52. The molecule has 0 aliphatic heterocycles. The molecule has 2 aromatic heterocycles. The van der Waals surface area contributed by atoms with Gasteiger partial charge in [0.1, 0.15) is 11.6 Å². The summed E-state index contributed by atoms with van der Waals surface area (Å²) in [4.78, 5) is 8.86. The van der Waals surface area contributed by atoms with Crippen molar-refractivity contribution in [2.45, 2.75) is 39.5 Å². The third-order valence-corrected chi connectivity index (χ3v) is 3.08. The molecular weight excluding hydrogens is 220 g/mol. The van der Waals surface area contributed by atoms with Gasteiger partial charge in [-0.2, -0.15) is 4.37 Å². The molecule has 0 spiro atoms. The minimum atomic E-state index is 0.935. The quantitative estimate of drug-likeness (QED) is 0.801. The summed E-state index contributed by atoms with van der Waals surface area (Å²) in [6.45, 7) is 4.29. The molecule has 0 N–H and O–H groups in total. The topological polar surface area (TPSA) is 43.6 Å². The monoisotopic (exact) mass is 236 g/mol. The predicted molar refractivity (Wildman–Crippen MR) is 65.0 cm³/mol. The molecule has 5 heteroatoms. The zero-order valence-electron chi connectivity index (χ0n) is 9.68. The van der Waals surface area contributed by atoms with Gasteiger partial charge in [-0.05, 0) is 12.8 Å². The van der Waals surface area contributed by atoms with Gasteiger partial charge in [-0.15, -0.1) is 0 Å². The van der Waals surface area contributed by atoms with E-state index in [2.05, 4.69) is 28.2 Å². The van der Waals surface area contributed by atoms with Crippen molar-refractivity contribution < 1.29 is 0 Å². The summed E-state index contributed by atoms with van der Waals surface area (Å²) in [7, 11) is 0. The van der Waals surface area contributed by atoms with Crippen molar-refractivity contribution in [2.75, 3.05) is 0 Å². The van der Waals surface area contributed by atoms with Crippen LogP contribution in [0.15, 0.2) is 12.4 Å². The van der Waals surface area contributed by atoms with E-state index in [1.807, 2.05) is 17.0 Å². The maximum atomic E-state index is 4.52. The van der Waals surface area contributed by atoms with Crippen molar-refractivity contribution >= 4 is 11.5 Å². The SMILES string of the molecule is CCCc1nsc(-n2ccnc2CCC)n1. The lowest BCUT2D eigenvalue weighted by Crippen LogP contribution is -2.00. The maximum Gasteiger partial charge on any atom is 0.214 e. The van der Waals surface area contributed by atoms with Crippen molar-refractivity contribution in [3.05, 3.63) is 24.0 Å². The van der Waals surface area contributed by atoms with Crippen LogP contribution >= 0.6 is 11.5 Å². The predicted octanol–water partition coefficient (Wildman–Crippen LogP) is 2.63. The number of rotatable bonds is 5. The zero-order valence-corrected chi connectivity index (χ0v) is 10.5. The first kappa shape index (κ1) is 11.3. The van der Waals surface area contributed by atoms with E-state index in [9.17, 15) is 0 Å². The summed E-state index contributed by atoms with van der Waals surface area (Å²) in [5.41, 5.74) is 0. The molecule has 0 aliphatic carbocycles. The molecule has 0 aromatic carbocycles. The van der Waals surface area contributed by atoms with Crippen LogP contribution in [0.2, 0.25) is 0 Å². The lowest BCUT2D eigenvalue weighted by atomic mass is 10.3. The molecule has 0 aliphatic rings. The highest BCUT2D eigenvalue weighted by Gasteiger charge is 2.09. The number of nitrogens with zero attached hydrogens (tertiary/aromatic N) is 4. The Hall–Kier alpha value is -1.23. The highest BCUT2D eigenvalue weighted by molar-refractivity contribution is 7.08. The Morgan fingerprint density at radius 1 is 1.25 bits per heavy atom. The summed E-state index contributed by atoms with van der Waals surface area (Å²) in [6.07, 6.45) is 7.90. The first-order valence-electron chi connectivity index (χ1n) is 5.70. The van der Waals surface area contributed by atoms with Crippen molar-refractivity contribution in [2.24, 2.45) is 0 Å². The molecule has 0 fully saturated rings. The molecule has 0 unspecified atom stereocenters. The van der Waals surface area contributed by atoms with E-state index in [4.69, 9.17) is 0 Å². The van der Waals surface area contributed by atoms with Crippen LogP contribution in [0.4, 0.5) is 0 Å². The van der Waals surface area contributed by atoms with Crippen molar-refractivity contribution in [3.8, 4) is 5.13 Å². The molecule has 0 bridgehead atoms. The largest absolute Gasteiger partial charge is 0.278 e. The molecule has 16 heavy (non-hydrogen) atoms. The van der Waals surface area contributed by atoms with Crippen LogP contribution in [0.3, 0.4) is 0 Å². The first-order valence-corrected chi connectivity index (χ1v) is 6.47. The lowest BCUT2D eigenvalue weighted by molar-refractivity contribution is 0.797. The fourth-order valence-electron chi connectivity index (χ4n) is 1.58. The molecule has 0 saturated carbocycles. The number of imidazole rings is 1. The van der Waals surface area contributed by atoms with E-state index >= 15 is 0 Å². The van der Waals surface area contributed by atoms with Crippen molar-refractivity contribution in [3.63, 3.8) is 0 Å². The summed E-state index contributed by atoms with van der Waals surface area (Å²) in [5.74, 6) is 2.01. The standard InChI is InChI=1S/C11H16N4S/c1-3-5-9-13-11(16-14-9)15-8-7-12-10(15)6-4-2/h7-8H,3-6H2,1-2H3. The highest BCUT2D eigenvalue weighted by Crippen LogP contribution is 2.15. The molecule has 2 heterocycles. The van der Waals surface area contributed by atoms with Gasteiger partial charge < -0.3 is 0 Å². The van der Waals surface area contributed by atoms with E-state index in [1.54, 1.807) is 0 Å². The Bertz CT molecular complexity index is 446. The summed E-state index contributed by atoms with van der Waals surface area (Å²) in [6, 6.07) is 0. The molecule has 2 rings (SSSR count). The van der Waals surface area contributed by atoms with Gasteiger partial charge in [-0.1, -0.05) is 13.8 Å². The van der Waals surface area contributed by atoms with Crippen molar-refractivity contribution in [1.29, 1.82) is 0 Å². The Balaban J connectivity index is 2.24. The van der Waals surface area contributed by atoms with Gasteiger partial charge in [0.2, 0.25) is 5.13 Å². The molecule has 0 amide bonds. The second kappa shape index (κ2) is 5.21. The van der Waals surface area contributed by atoms with Crippen LogP contribution in [0, 0.1) is 0 Å². The van der Waals surface area contributed by atoms with Gasteiger partial charge in [-0.3, -0.25) is 4.57 Å². The molecule has 0 saturated heterocycles. The third kappa shape index (κ3) is 2.29. The normalized spacial score (nSPS) is 10.9. The smallest absolute Gasteiger partial charge is 0.214 e. The fourth-order valence-corrected chi connectivity index (χ4v) is 2.30. The molecule has 4 nitrogen and oxygen atoms in total. The zero-order chi connectivity index (χ0) is 11.4. The number of aromatic nitrogens is 4. The van der Waals surface area contributed by atoms with E-state index in [0.717, 1.165) is 42.5 Å². The van der Waals surface area contributed by atoms with Crippen LogP contribution in [-0.4, -0.2) is 18.9 Å². The van der Waals surface area contributed by atoms with Gasteiger partial charge in [0.15, 0.2) is 0 Å². The fraction of sp³-hybridized carbons (Fsp3) is 0.545. The minimum Gasteiger partial charge on any atom is -0.278 e. The van der Waals surface area contributed by atoms with E-state index in [-0.39, 0.29) is 0 Å². The second-order valence-corrected chi connectivity index (χ2v) is 4.44. The molecule has 0 atom stereocenters. The van der Waals surface area contributed by atoms with Crippen LogP contribution in [-0.2, 0) is 12.8 Å². The summed E-state index contributed by atoms with van der Waals surface area (Å²) >= 11 is 1.45. The van der Waals surface area contributed by atoms with Gasteiger partial charge in [0.25, 0.3) is 0 Å². The lowest BCUT2D eigenvalue weighted by Gasteiger charge is -2.00. The Morgan fingerprint density at radius 2 is 2.06 bits per heavy atom. The van der Waals surface area contributed by atoms with Gasteiger partial charge in [-0.25, -0.2) is 9.97 Å². The first-order chi connectivity index (χ1) is 7.85. The van der Waals surface area contributed by atoms with E-state index in [1.165, 1.54) is 11.5 Å². The van der Waals surface area contributed by atoms with Crippen LogP contribution in [0.25, 0.3) is 5.13 Å². The molecule has 2 aromatic rings. The summed E-state index contributed by atoms with van der Waals surface area (Å²) in [5, 5.41) is 0.935. The Morgan fingerprint density at radius 3 is 2.81 bits per heavy atom. The van der Waals surface area contributed by atoms with Crippen LogP contribution in [0.5, 0.6) is 0 Å². The number of aryl methyl sites for hydroxylation is 2. The van der Waals surface area contributed by atoms with Crippen LogP contribution < -0.4 is 0 Å². The number of hydrogen-bond donors (Lipinski definition) is 0. The molecule has 0 radical (unpaired) electrons. The highest BCUT2D eigenvalue weighted by atomic mass is 32.1. The number of hydrogen-bond acceptors (Lipinski definition) is 4. The minimum absolute atomic E-state index is 0.935. The molecule has 86 valence electrons. The van der Waals surface area contributed by atoms with Gasteiger partial charge in [0, 0.05) is 36.8 Å². The average Bonchev–Trinajstić information content (AvgIpc) is 2.87. The van der Waals surface area contributed by atoms with E-state index in [0.29, 0.717) is 0 Å². The van der Waals surface area contributed by atoms with E-state index < -0.39 is 0 Å². The third-order valence-electron chi connectivity index (χ3n) is 2.33. The van der Waals surface area contributed by atoms with Crippen LogP contribution in [0.1, 0.15) is 38.3 Å². The Kier molecular flexibility index (Phi) is 3.66. The molecular formula is C11H16N4S. The van der Waals surface area contributed by atoms with Gasteiger partial charge in [0.05, 0.1) is 0 Å². The van der Waals surface area contributed by atoms with Crippen molar-refractivity contribution in [1.82, 2.24) is 18.9 Å². The summed E-state index contributed by atoms with van der Waals surface area (Å²) < 4.78 is 6.39. The second-order valence-electron chi connectivity index (χ2n) is 3.71. The average molecular weight is 236 g/mol. The van der Waals surface area contributed by atoms with Gasteiger partial charge >= 0.3 is 0 Å². The Labute approximate surface area is 99.5 Å².